The minimum atomic E-state index is -0.153. The molecule has 0 saturated carbocycles. The second-order valence-corrected chi connectivity index (χ2v) is 6.60. The smallest absolute Gasteiger partial charge is 0.315 e. The van der Waals surface area contributed by atoms with Crippen molar-refractivity contribution >= 4 is 28.6 Å². The van der Waals surface area contributed by atoms with Crippen molar-refractivity contribution in [3.05, 3.63) is 27.6 Å². The summed E-state index contributed by atoms with van der Waals surface area (Å²) in [5.41, 5.74) is 2.20. The summed E-state index contributed by atoms with van der Waals surface area (Å²) in [6.45, 7) is 4.38. The number of carbonyl (C=O) groups excluding carboxylic acids is 1. The fourth-order valence-electron chi connectivity index (χ4n) is 2.39. The Hall–Kier alpha value is -1.20. The topological polar surface area (TPSA) is 39.2 Å². The molecular weight excluding hydrogens is 278 g/mol. The van der Waals surface area contributed by atoms with Crippen LogP contribution in [0.25, 0.3) is 9.88 Å². The van der Waals surface area contributed by atoms with Crippen LogP contribution in [-0.4, -0.2) is 17.6 Å². The summed E-state index contributed by atoms with van der Waals surface area (Å²) in [6, 6.07) is 2.11. The molecule has 100 valence electrons. The van der Waals surface area contributed by atoms with Gasteiger partial charge in [-0.2, -0.15) is 0 Å². The maximum atomic E-state index is 11.9. The predicted octanol–water partition coefficient (Wildman–Crippen LogP) is 3.77. The first-order valence-corrected chi connectivity index (χ1v) is 8.11. The summed E-state index contributed by atoms with van der Waals surface area (Å²) < 4.78 is 5.13. The molecular formula is C14H15NO2S2. The molecule has 2 heterocycles. The average Bonchev–Trinajstić information content (AvgIpc) is 3.02. The Bertz CT molecular complexity index is 615. The van der Waals surface area contributed by atoms with Gasteiger partial charge in [0.05, 0.1) is 17.2 Å². The maximum Gasteiger partial charge on any atom is 0.315 e. The Balaban J connectivity index is 1.93. The van der Waals surface area contributed by atoms with Crippen molar-refractivity contribution in [1.29, 1.82) is 0 Å². The van der Waals surface area contributed by atoms with Crippen molar-refractivity contribution < 1.29 is 9.53 Å². The van der Waals surface area contributed by atoms with E-state index in [4.69, 9.17) is 9.72 Å². The van der Waals surface area contributed by atoms with E-state index in [9.17, 15) is 4.79 Å². The van der Waals surface area contributed by atoms with Gasteiger partial charge in [-0.05, 0) is 43.7 Å². The molecule has 3 nitrogen and oxygen atoms in total. The minimum absolute atomic E-state index is 0.124. The SMILES string of the molecule is CCOC(=O)C1CCc2sc(-c3sccc3C)nc21. The zero-order chi connectivity index (χ0) is 13.4. The van der Waals surface area contributed by atoms with Gasteiger partial charge < -0.3 is 4.74 Å². The van der Waals surface area contributed by atoms with Crippen LogP contribution in [-0.2, 0) is 16.0 Å². The summed E-state index contributed by atoms with van der Waals surface area (Å²) in [7, 11) is 0. The molecule has 0 fully saturated rings. The fraction of sp³-hybridized carbons (Fsp3) is 0.429. The summed E-state index contributed by atoms with van der Waals surface area (Å²) in [6.07, 6.45) is 1.79. The van der Waals surface area contributed by atoms with Gasteiger partial charge >= 0.3 is 5.97 Å². The van der Waals surface area contributed by atoms with Crippen molar-refractivity contribution in [3.63, 3.8) is 0 Å². The molecule has 0 saturated heterocycles. The molecule has 1 aliphatic rings. The molecule has 0 aliphatic heterocycles. The summed E-state index contributed by atoms with van der Waals surface area (Å²) in [5.74, 6) is -0.277. The standard InChI is InChI=1S/C14H15NO2S2/c1-3-17-14(16)9-4-5-10-11(9)15-13(19-10)12-8(2)6-7-18-12/h6-7,9H,3-5H2,1-2H3. The summed E-state index contributed by atoms with van der Waals surface area (Å²) >= 11 is 3.44. The van der Waals surface area contributed by atoms with Crippen LogP contribution in [0.4, 0.5) is 0 Å². The number of nitrogens with zero attached hydrogens (tertiary/aromatic N) is 1. The number of esters is 1. The Labute approximate surface area is 120 Å². The van der Waals surface area contributed by atoms with E-state index >= 15 is 0 Å². The van der Waals surface area contributed by atoms with Crippen LogP contribution in [0.2, 0.25) is 0 Å². The summed E-state index contributed by atoms with van der Waals surface area (Å²) in [4.78, 5) is 19.1. The molecule has 2 aromatic rings. The van der Waals surface area contributed by atoms with Crippen molar-refractivity contribution in [2.45, 2.75) is 32.6 Å². The van der Waals surface area contributed by atoms with Crippen LogP contribution < -0.4 is 0 Å². The van der Waals surface area contributed by atoms with E-state index < -0.39 is 0 Å². The largest absolute Gasteiger partial charge is 0.465 e. The third kappa shape index (κ3) is 2.21. The second kappa shape index (κ2) is 5.06. The first kappa shape index (κ1) is 12.8. The lowest BCUT2D eigenvalue weighted by Crippen LogP contribution is -2.14. The number of carbonyl (C=O) groups is 1. The van der Waals surface area contributed by atoms with Crippen molar-refractivity contribution in [2.75, 3.05) is 6.61 Å². The summed E-state index contributed by atoms with van der Waals surface area (Å²) in [5, 5.41) is 3.13. The molecule has 0 spiro atoms. The third-order valence-corrected chi connectivity index (χ3v) is 5.65. The number of thiazole rings is 1. The highest BCUT2D eigenvalue weighted by atomic mass is 32.1. The van der Waals surface area contributed by atoms with E-state index in [1.165, 1.54) is 15.3 Å². The maximum absolute atomic E-state index is 11.9. The molecule has 5 heteroatoms. The molecule has 0 aromatic carbocycles. The van der Waals surface area contributed by atoms with Crippen LogP contribution in [0.3, 0.4) is 0 Å². The van der Waals surface area contributed by atoms with Gasteiger partial charge in [-0.25, -0.2) is 4.98 Å². The average molecular weight is 293 g/mol. The van der Waals surface area contributed by atoms with Gasteiger partial charge in [0.15, 0.2) is 0 Å². The Morgan fingerprint density at radius 2 is 2.42 bits per heavy atom. The van der Waals surface area contributed by atoms with E-state index in [1.807, 2.05) is 6.92 Å². The lowest BCUT2D eigenvalue weighted by Gasteiger charge is -2.07. The lowest BCUT2D eigenvalue weighted by atomic mass is 10.1. The number of hydrogen-bond acceptors (Lipinski definition) is 5. The lowest BCUT2D eigenvalue weighted by molar-refractivity contribution is -0.145. The molecule has 1 aliphatic carbocycles. The third-order valence-electron chi connectivity index (χ3n) is 3.35. The number of hydrogen-bond donors (Lipinski definition) is 0. The minimum Gasteiger partial charge on any atom is -0.465 e. The Morgan fingerprint density at radius 1 is 1.58 bits per heavy atom. The normalized spacial score (nSPS) is 17.5. The first-order chi connectivity index (χ1) is 9.20. The second-order valence-electron chi connectivity index (χ2n) is 4.60. The van der Waals surface area contributed by atoms with Gasteiger partial charge in [0.25, 0.3) is 0 Å². The zero-order valence-electron chi connectivity index (χ0n) is 10.9. The van der Waals surface area contributed by atoms with Gasteiger partial charge in [0, 0.05) is 4.88 Å². The molecule has 0 bridgehead atoms. The quantitative estimate of drug-likeness (QED) is 0.809. The van der Waals surface area contributed by atoms with Gasteiger partial charge in [-0.15, -0.1) is 22.7 Å². The van der Waals surface area contributed by atoms with Crippen molar-refractivity contribution in [3.8, 4) is 9.88 Å². The van der Waals surface area contributed by atoms with E-state index in [0.717, 1.165) is 23.5 Å². The van der Waals surface area contributed by atoms with E-state index in [2.05, 4.69) is 18.4 Å². The van der Waals surface area contributed by atoms with Crippen LogP contribution >= 0.6 is 22.7 Å². The molecule has 0 radical (unpaired) electrons. The van der Waals surface area contributed by atoms with E-state index in [-0.39, 0.29) is 11.9 Å². The molecule has 1 atom stereocenters. The monoisotopic (exact) mass is 293 g/mol. The molecule has 2 aromatic heterocycles. The van der Waals surface area contributed by atoms with Gasteiger partial charge in [-0.3, -0.25) is 4.79 Å². The Morgan fingerprint density at radius 3 is 3.11 bits per heavy atom. The number of rotatable bonds is 3. The predicted molar refractivity (Wildman–Crippen MR) is 77.9 cm³/mol. The number of ether oxygens (including phenoxy) is 1. The highest BCUT2D eigenvalue weighted by molar-refractivity contribution is 7.21. The van der Waals surface area contributed by atoms with E-state index in [0.29, 0.717) is 6.61 Å². The van der Waals surface area contributed by atoms with Crippen molar-refractivity contribution in [2.24, 2.45) is 0 Å². The molecule has 19 heavy (non-hydrogen) atoms. The molecule has 0 amide bonds. The highest BCUT2D eigenvalue weighted by Gasteiger charge is 2.33. The molecule has 1 unspecified atom stereocenters. The molecule has 3 rings (SSSR count). The van der Waals surface area contributed by atoms with Crippen LogP contribution in [0.1, 0.15) is 35.4 Å². The Kier molecular flexibility index (Phi) is 3.41. The zero-order valence-corrected chi connectivity index (χ0v) is 12.6. The number of aryl methyl sites for hydroxylation is 2. The van der Waals surface area contributed by atoms with Crippen molar-refractivity contribution in [1.82, 2.24) is 4.98 Å². The fourth-order valence-corrected chi connectivity index (χ4v) is 4.61. The van der Waals surface area contributed by atoms with Gasteiger partial charge in [-0.1, -0.05) is 0 Å². The number of thiophene rings is 1. The number of fused-ring (bicyclic) bond motifs is 1. The van der Waals surface area contributed by atoms with Crippen LogP contribution in [0.5, 0.6) is 0 Å². The van der Waals surface area contributed by atoms with E-state index in [1.54, 1.807) is 22.7 Å². The van der Waals surface area contributed by atoms with Gasteiger partial charge in [0.1, 0.15) is 10.9 Å². The van der Waals surface area contributed by atoms with Crippen LogP contribution in [0.15, 0.2) is 11.4 Å². The number of aromatic nitrogens is 1. The van der Waals surface area contributed by atoms with Crippen LogP contribution in [0, 0.1) is 6.92 Å². The highest BCUT2D eigenvalue weighted by Crippen LogP contribution is 2.42. The first-order valence-electron chi connectivity index (χ1n) is 6.41. The van der Waals surface area contributed by atoms with Gasteiger partial charge in [0.2, 0.25) is 0 Å². The molecule has 0 N–H and O–H groups in total.